The average Bonchev–Trinajstić information content (AvgIpc) is 2.41. The second kappa shape index (κ2) is 6.45. The van der Waals surface area contributed by atoms with Crippen molar-refractivity contribution in [3.05, 3.63) is 56.1 Å². The van der Waals surface area contributed by atoms with Gasteiger partial charge in [0.1, 0.15) is 0 Å². The van der Waals surface area contributed by atoms with Gasteiger partial charge in [-0.05, 0) is 81.0 Å². The van der Waals surface area contributed by atoms with E-state index in [9.17, 15) is 13.2 Å². The van der Waals surface area contributed by atoms with E-state index in [1.807, 2.05) is 12.1 Å². The lowest BCUT2D eigenvalue weighted by molar-refractivity contribution is 0.102. The highest BCUT2D eigenvalue weighted by Gasteiger charge is 2.12. The summed E-state index contributed by atoms with van der Waals surface area (Å²) in [4.78, 5) is 12.4. The van der Waals surface area contributed by atoms with Crippen molar-refractivity contribution >= 4 is 60.0 Å². The number of carbonyl (C=O) groups is 1. The first-order valence-corrected chi connectivity index (χ1v) is 9.60. The second-order valence-corrected chi connectivity index (χ2v) is 8.49. The molecule has 0 aliphatic rings. The van der Waals surface area contributed by atoms with Gasteiger partial charge in [0, 0.05) is 20.0 Å². The fourth-order valence-electron chi connectivity index (χ4n) is 1.66. The first-order chi connectivity index (χ1) is 9.77. The predicted octanol–water partition coefficient (Wildman–Crippen LogP) is 3.71. The Morgan fingerprint density at radius 3 is 2.33 bits per heavy atom. The Balaban J connectivity index is 2.22. The van der Waals surface area contributed by atoms with Crippen molar-refractivity contribution in [3.8, 4) is 0 Å². The van der Waals surface area contributed by atoms with Crippen LogP contribution in [0.1, 0.15) is 10.4 Å². The molecule has 110 valence electrons. The zero-order chi connectivity index (χ0) is 15.6. The highest BCUT2D eigenvalue weighted by atomic mass is 127. The van der Waals surface area contributed by atoms with E-state index in [2.05, 4.69) is 43.8 Å². The van der Waals surface area contributed by atoms with Gasteiger partial charge >= 0.3 is 0 Å². The molecule has 4 nitrogen and oxygen atoms in total. The molecule has 0 radical (unpaired) electrons. The molecule has 0 fully saturated rings. The number of hydrogen-bond donors (Lipinski definition) is 1. The van der Waals surface area contributed by atoms with Gasteiger partial charge in [-0.3, -0.25) is 4.79 Å². The van der Waals surface area contributed by atoms with E-state index >= 15 is 0 Å². The molecule has 2 aromatic carbocycles. The van der Waals surface area contributed by atoms with Crippen molar-refractivity contribution in [1.82, 2.24) is 0 Å². The van der Waals surface area contributed by atoms with Crippen LogP contribution in [0.5, 0.6) is 0 Å². The number of sulfone groups is 1. The highest BCUT2D eigenvalue weighted by molar-refractivity contribution is 14.1. The van der Waals surface area contributed by atoms with Gasteiger partial charge in [-0.25, -0.2) is 8.42 Å². The fraction of sp³-hybridized carbons (Fsp3) is 0.0714. The van der Waals surface area contributed by atoms with Crippen LogP contribution in [0.4, 0.5) is 5.69 Å². The van der Waals surface area contributed by atoms with Crippen LogP contribution in [0.2, 0.25) is 0 Å². The third-order valence-electron chi connectivity index (χ3n) is 2.71. The average molecular weight is 480 g/mol. The molecule has 0 bridgehead atoms. The molecule has 2 rings (SSSR count). The summed E-state index contributed by atoms with van der Waals surface area (Å²) in [6, 6.07) is 11.5. The Labute approximate surface area is 145 Å². The Hall–Kier alpha value is -0.930. The fourth-order valence-corrected chi connectivity index (χ4v) is 3.20. The maximum Gasteiger partial charge on any atom is 0.256 e. The van der Waals surface area contributed by atoms with Gasteiger partial charge in [0.2, 0.25) is 0 Å². The maximum atomic E-state index is 12.2. The summed E-state index contributed by atoms with van der Waals surface area (Å²) in [6.45, 7) is 0. The Morgan fingerprint density at radius 2 is 1.76 bits per heavy atom. The van der Waals surface area contributed by atoms with Crippen LogP contribution in [0, 0.1) is 3.57 Å². The van der Waals surface area contributed by atoms with Crippen LogP contribution in [-0.2, 0) is 9.84 Å². The summed E-state index contributed by atoms with van der Waals surface area (Å²) in [7, 11) is -3.23. The van der Waals surface area contributed by atoms with Crippen molar-refractivity contribution in [2.45, 2.75) is 4.90 Å². The summed E-state index contributed by atoms with van der Waals surface area (Å²) in [6.07, 6.45) is 1.14. The molecule has 1 amide bonds. The van der Waals surface area contributed by atoms with E-state index in [-0.39, 0.29) is 10.8 Å². The lowest BCUT2D eigenvalue weighted by atomic mass is 10.2. The molecule has 0 heterocycles. The van der Waals surface area contributed by atoms with Crippen molar-refractivity contribution in [1.29, 1.82) is 0 Å². The lowest BCUT2D eigenvalue weighted by Crippen LogP contribution is -2.13. The van der Waals surface area contributed by atoms with Gasteiger partial charge in [0.15, 0.2) is 9.84 Å². The van der Waals surface area contributed by atoms with Crippen molar-refractivity contribution in [2.75, 3.05) is 11.6 Å². The smallest absolute Gasteiger partial charge is 0.256 e. The molecular formula is C14H11BrINO3S. The monoisotopic (exact) mass is 479 g/mol. The van der Waals surface area contributed by atoms with Gasteiger partial charge in [0.05, 0.1) is 10.5 Å². The normalized spacial score (nSPS) is 11.2. The van der Waals surface area contributed by atoms with Gasteiger partial charge < -0.3 is 5.32 Å². The van der Waals surface area contributed by atoms with E-state index in [4.69, 9.17) is 0 Å². The number of carbonyl (C=O) groups excluding carboxylic acids is 1. The number of benzene rings is 2. The third kappa shape index (κ3) is 4.27. The SMILES string of the molecule is CS(=O)(=O)c1ccc(NC(=O)c2cc(I)ccc2Br)cc1. The standard InChI is InChI=1S/C14H11BrINO3S/c1-21(19,20)11-5-3-10(4-6-11)17-14(18)12-8-9(16)2-7-13(12)15/h2-8H,1H3,(H,17,18). The van der Waals surface area contributed by atoms with E-state index in [0.717, 1.165) is 9.83 Å². The number of halogens is 2. The molecule has 2 aromatic rings. The van der Waals surface area contributed by atoms with Crippen LogP contribution < -0.4 is 5.32 Å². The molecule has 1 N–H and O–H groups in total. The molecule has 0 unspecified atom stereocenters. The molecule has 0 saturated carbocycles. The van der Waals surface area contributed by atoms with E-state index in [0.29, 0.717) is 15.7 Å². The zero-order valence-corrected chi connectivity index (χ0v) is 15.5. The summed E-state index contributed by atoms with van der Waals surface area (Å²) in [5, 5.41) is 2.74. The van der Waals surface area contributed by atoms with Crippen LogP contribution in [0.25, 0.3) is 0 Å². The van der Waals surface area contributed by atoms with Gasteiger partial charge in [-0.15, -0.1) is 0 Å². The van der Waals surface area contributed by atoms with E-state index in [1.54, 1.807) is 18.2 Å². The minimum atomic E-state index is -3.23. The maximum absolute atomic E-state index is 12.2. The first-order valence-electron chi connectivity index (χ1n) is 5.84. The number of amides is 1. The summed E-state index contributed by atoms with van der Waals surface area (Å²) in [5.74, 6) is -0.257. The van der Waals surface area contributed by atoms with Gasteiger partial charge in [-0.2, -0.15) is 0 Å². The third-order valence-corrected chi connectivity index (χ3v) is 5.20. The van der Waals surface area contributed by atoms with Crippen LogP contribution in [-0.4, -0.2) is 20.6 Å². The minimum Gasteiger partial charge on any atom is -0.322 e. The topological polar surface area (TPSA) is 63.2 Å². The first kappa shape index (κ1) is 16.4. The molecule has 0 aliphatic carbocycles. The van der Waals surface area contributed by atoms with Crippen molar-refractivity contribution in [3.63, 3.8) is 0 Å². The number of rotatable bonds is 3. The van der Waals surface area contributed by atoms with Crippen LogP contribution in [0.15, 0.2) is 51.8 Å². The number of nitrogens with one attached hydrogen (secondary N) is 1. The van der Waals surface area contributed by atoms with Crippen LogP contribution in [0.3, 0.4) is 0 Å². The van der Waals surface area contributed by atoms with E-state index < -0.39 is 9.84 Å². The highest BCUT2D eigenvalue weighted by Crippen LogP contribution is 2.21. The molecule has 7 heteroatoms. The molecule has 0 aromatic heterocycles. The Morgan fingerprint density at radius 1 is 1.14 bits per heavy atom. The quantitative estimate of drug-likeness (QED) is 0.682. The van der Waals surface area contributed by atoms with Crippen LogP contribution >= 0.6 is 38.5 Å². The predicted molar refractivity (Wildman–Crippen MR) is 94.4 cm³/mol. The molecule has 0 spiro atoms. The molecule has 0 atom stereocenters. The molecule has 21 heavy (non-hydrogen) atoms. The van der Waals surface area contributed by atoms with Crippen molar-refractivity contribution < 1.29 is 13.2 Å². The number of hydrogen-bond acceptors (Lipinski definition) is 3. The Bertz CT molecular complexity index is 788. The Kier molecular flexibility index (Phi) is 5.05. The molecular weight excluding hydrogens is 469 g/mol. The summed E-state index contributed by atoms with van der Waals surface area (Å²) in [5.41, 5.74) is 1.06. The summed E-state index contributed by atoms with van der Waals surface area (Å²) < 4.78 is 24.4. The minimum absolute atomic E-state index is 0.218. The van der Waals surface area contributed by atoms with Gasteiger partial charge in [0.25, 0.3) is 5.91 Å². The number of anilines is 1. The van der Waals surface area contributed by atoms with Gasteiger partial charge in [-0.1, -0.05) is 0 Å². The summed E-state index contributed by atoms with van der Waals surface area (Å²) >= 11 is 5.47. The largest absolute Gasteiger partial charge is 0.322 e. The lowest BCUT2D eigenvalue weighted by Gasteiger charge is -2.08. The second-order valence-electron chi connectivity index (χ2n) is 4.37. The molecule has 0 aliphatic heterocycles. The molecule has 0 saturated heterocycles. The van der Waals surface area contributed by atoms with E-state index in [1.165, 1.54) is 12.1 Å². The van der Waals surface area contributed by atoms with Crippen molar-refractivity contribution in [2.24, 2.45) is 0 Å². The zero-order valence-electron chi connectivity index (χ0n) is 10.9.